The molecule has 0 spiro atoms. The second kappa shape index (κ2) is 3.66. The van der Waals surface area contributed by atoms with Crippen molar-refractivity contribution in [3.05, 3.63) is 0 Å². The van der Waals surface area contributed by atoms with Crippen LogP contribution in [0.15, 0.2) is 0 Å². The zero-order valence-corrected chi connectivity index (χ0v) is 8.89. The van der Waals surface area contributed by atoms with E-state index in [1.54, 1.807) is 0 Å². The summed E-state index contributed by atoms with van der Waals surface area (Å²) in [6.45, 7) is 9.46. The van der Waals surface area contributed by atoms with Crippen LogP contribution in [0.5, 0.6) is 0 Å². The maximum Gasteiger partial charge on any atom is 0.311 e. The number of carbonyl (C=O) groups excluding carboxylic acids is 1. The maximum absolute atomic E-state index is 11.6. The highest BCUT2D eigenvalue weighted by Gasteiger charge is 2.32. The van der Waals surface area contributed by atoms with E-state index in [2.05, 4.69) is 12.2 Å². The van der Waals surface area contributed by atoms with Crippen molar-refractivity contribution in [2.24, 2.45) is 11.8 Å². The molecule has 2 atom stereocenters. The minimum Gasteiger partial charge on any atom is -0.460 e. The normalized spacial score (nSPS) is 28.9. The molecule has 3 nitrogen and oxygen atoms in total. The van der Waals surface area contributed by atoms with Gasteiger partial charge in [0.05, 0.1) is 5.92 Å². The second-order valence-electron chi connectivity index (χ2n) is 4.78. The molecule has 1 rings (SSSR count). The van der Waals surface area contributed by atoms with Gasteiger partial charge in [-0.15, -0.1) is 0 Å². The van der Waals surface area contributed by atoms with Gasteiger partial charge in [-0.2, -0.15) is 0 Å². The molecule has 0 bridgehead atoms. The molecule has 13 heavy (non-hydrogen) atoms. The second-order valence-corrected chi connectivity index (χ2v) is 4.78. The van der Waals surface area contributed by atoms with Gasteiger partial charge < -0.3 is 10.1 Å². The Hall–Kier alpha value is -0.570. The number of ether oxygens (including phenoxy) is 1. The van der Waals surface area contributed by atoms with Crippen LogP contribution in [0.4, 0.5) is 0 Å². The zero-order chi connectivity index (χ0) is 10.1. The third kappa shape index (κ3) is 2.99. The summed E-state index contributed by atoms with van der Waals surface area (Å²) < 4.78 is 5.31. The van der Waals surface area contributed by atoms with Crippen LogP contribution in [0.3, 0.4) is 0 Å². The average molecular weight is 185 g/mol. The van der Waals surface area contributed by atoms with E-state index in [1.807, 2.05) is 20.8 Å². The molecular formula is C10H19NO2. The molecule has 0 unspecified atom stereocenters. The SMILES string of the molecule is C[C@H]1CNC[C@@H]1C(=O)OC(C)(C)C. The third-order valence-electron chi connectivity index (χ3n) is 2.23. The Morgan fingerprint density at radius 1 is 1.38 bits per heavy atom. The smallest absolute Gasteiger partial charge is 0.311 e. The lowest BCUT2D eigenvalue weighted by atomic mass is 9.98. The Labute approximate surface area is 79.8 Å². The standard InChI is InChI=1S/C10H19NO2/c1-7-5-11-6-8(7)9(12)13-10(2,3)4/h7-8,11H,5-6H2,1-4H3/t7-,8-/m0/s1. The van der Waals surface area contributed by atoms with Crippen molar-refractivity contribution < 1.29 is 9.53 Å². The van der Waals surface area contributed by atoms with E-state index in [9.17, 15) is 4.79 Å². The van der Waals surface area contributed by atoms with Gasteiger partial charge in [-0.05, 0) is 33.2 Å². The molecule has 0 aromatic carbocycles. The van der Waals surface area contributed by atoms with Crippen molar-refractivity contribution in [1.29, 1.82) is 0 Å². The summed E-state index contributed by atoms with van der Waals surface area (Å²) >= 11 is 0. The Morgan fingerprint density at radius 2 is 2.00 bits per heavy atom. The molecule has 1 aliphatic heterocycles. The molecule has 1 N–H and O–H groups in total. The number of nitrogens with one attached hydrogen (secondary N) is 1. The molecule has 1 saturated heterocycles. The van der Waals surface area contributed by atoms with Crippen LogP contribution in [0.25, 0.3) is 0 Å². The van der Waals surface area contributed by atoms with Gasteiger partial charge in [0.25, 0.3) is 0 Å². The van der Waals surface area contributed by atoms with Crippen LogP contribution >= 0.6 is 0 Å². The summed E-state index contributed by atoms with van der Waals surface area (Å²) in [6, 6.07) is 0. The van der Waals surface area contributed by atoms with E-state index in [0.717, 1.165) is 13.1 Å². The number of rotatable bonds is 1. The fourth-order valence-corrected chi connectivity index (χ4v) is 1.50. The van der Waals surface area contributed by atoms with Gasteiger partial charge in [-0.1, -0.05) is 6.92 Å². The fourth-order valence-electron chi connectivity index (χ4n) is 1.50. The first kappa shape index (κ1) is 10.5. The molecule has 0 saturated carbocycles. The first-order valence-electron chi connectivity index (χ1n) is 4.84. The van der Waals surface area contributed by atoms with Crippen molar-refractivity contribution >= 4 is 5.97 Å². The molecule has 1 heterocycles. The van der Waals surface area contributed by atoms with E-state index in [4.69, 9.17) is 4.74 Å². The summed E-state index contributed by atoms with van der Waals surface area (Å²) in [7, 11) is 0. The lowest BCUT2D eigenvalue weighted by Crippen LogP contribution is -2.31. The summed E-state index contributed by atoms with van der Waals surface area (Å²) in [4.78, 5) is 11.6. The molecule has 0 radical (unpaired) electrons. The predicted molar refractivity (Wildman–Crippen MR) is 51.4 cm³/mol. The Bertz CT molecular complexity index is 196. The van der Waals surface area contributed by atoms with Crippen LogP contribution in [0.2, 0.25) is 0 Å². The van der Waals surface area contributed by atoms with Gasteiger partial charge in [0.2, 0.25) is 0 Å². The lowest BCUT2D eigenvalue weighted by Gasteiger charge is -2.23. The van der Waals surface area contributed by atoms with Crippen LogP contribution in [-0.4, -0.2) is 24.7 Å². The predicted octanol–water partition coefficient (Wildman–Crippen LogP) is 1.18. The minimum atomic E-state index is -0.362. The zero-order valence-electron chi connectivity index (χ0n) is 8.89. The monoisotopic (exact) mass is 185 g/mol. The van der Waals surface area contributed by atoms with E-state index in [-0.39, 0.29) is 17.5 Å². The highest BCUT2D eigenvalue weighted by atomic mass is 16.6. The topological polar surface area (TPSA) is 38.3 Å². The van der Waals surface area contributed by atoms with E-state index in [0.29, 0.717) is 5.92 Å². The molecule has 76 valence electrons. The van der Waals surface area contributed by atoms with Gasteiger partial charge in [-0.25, -0.2) is 0 Å². The summed E-state index contributed by atoms with van der Waals surface area (Å²) in [5.41, 5.74) is -0.362. The Morgan fingerprint density at radius 3 is 2.38 bits per heavy atom. The van der Waals surface area contributed by atoms with Crippen molar-refractivity contribution in [2.45, 2.75) is 33.3 Å². The first-order chi connectivity index (χ1) is 5.90. The Kier molecular flexibility index (Phi) is 2.96. The minimum absolute atomic E-state index is 0.0409. The molecule has 0 aliphatic carbocycles. The molecular weight excluding hydrogens is 166 g/mol. The first-order valence-corrected chi connectivity index (χ1v) is 4.84. The van der Waals surface area contributed by atoms with Crippen molar-refractivity contribution in [3.8, 4) is 0 Å². The van der Waals surface area contributed by atoms with Crippen LogP contribution in [0.1, 0.15) is 27.7 Å². The quantitative estimate of drug-likeness (QED) is 0.623. The summed E-state index contributed by atoms with van der Waals surface area (Å²) in [6.07, 6.45) is 0. The van der Waals surface area contributed by atoms with E-state index < -0.39 is 0 Å². The maximum atomic E-state index is 11.6. The van der Waals surface area contributed by atoms with Crippen molar-refractivity contribution in [1.82, 2.24) is 5.32 Å². The number of carbonyl (C=O) groups is 1. The highest BCUT2D eigenvalue weighted by molar-refractivity contribution is 5.73. The molecule has 1 fully saturated rings. The Balaban J connectivity index is 2.48. The molecule has 3 heteroatoms. The summed E-state index contributed by atoms with van der Waals surface area (Å²) in [5.74, 6) is 0.374. The molecule has 0 amide bonds. The number of esters is 1. The van der Waals surface area contributed by atoms with Crippen LogP contribution < -0.4 is 5.32 Å². The lowest BCUT2D eigenvalue weighted by molar-refractivity contribution is -0.160. The van der Waals surface area contributed by atoms with E-state index in [1.165, 1.54) is 0 Å². The summed E-state index contributed by atoms with van der Waals surface area (Å²) in [5, 5.41) is 3.19. The fraction of sp³-hybridized carbons (Fsp3) is 0.900. The number of hydrogen-bond acceptors (Lipinski definition) is 3. The molecule has 1 aliphatic rings. The van der Waals surface area contributed by atoms with Gasteiger partial charge in [0.15, 0.2) is 0 Å². The van der Waals surface area contributed by atoms with Crippen LogP contribution in [-0.2, 0) is 9.53 Å². The van der Waals surface area contributed by atoms with Crippen molar-refractivity contribution in [3.63, 3.8) is 0 Å². The third-order valence-corrected chi connectivity index (χ3v) is 2.23. The van der Waals surface area contributed by atoms with Gasteiger partial charge >= 0.3 is 5.97 Å². The van der Waals surface area contributed by atoms with Gasteiger partial charge in [-0.3, -0.25) is 4.79 Å². The van der Waals surface area contributed by atoms with Gasteiger partial charge in [0.1, 0.15) is 5.60 Å². The molecule has 0 aromatic heterocycles. The number of hydrogen-bond donors (Lipinski definition) is 1. The largest absolute Gasteiger partial charge is 0.460 e. The van der Waals surface area contributed by atoms with E-state index >= 15 is 0 Å². The highest BCUT2D eigenvalue weighted by Crippen LogP contribution is 2.20. The molecule has 0 aromatic rings. The van der Waals surface area contributed by atoms with Gasteiger partial charge in [0, 0.05) is 6.54 Å². The average Bonchev–Trinajstić information content (AvgIpc) is 2.30. The van der Waals surface area contributed by atoms with Crippen LogP contribution in [0, 0.1) is 11.8 Å². The van der Waals surface area contributed by atoms with Crippen molar-refractivity contribution in [2.75, 3.05) is 13.1 Å².